The predicted octanol–water partition coefficient (Wildman–Crippen LogP) is 6.54. The van der Waals surface area contributed by atoms with Gasteiger partial charge in [-0.2, -0.15) is 5.10 Å². The van der Waals surface area contributed by atoms with E-state index in [1.165, 1.54) is 16.9 Å². The topological polar surface area (TPSA) is 86.6 Å². The number of anilines is 2. The first kappa shape index (κ1) is 23.6. The van der Waals surface area contributed by atoms with Gasteiger partial charge in [0.25, 0.3) is 5.91 Å². The van der Waals surface area contributed by atoms with Crippen molar-refractivity contribution in [2.75, 3.05) is 5.32 Å². The molecule has 0 saturated carbocycles. The number of phenols is 1. The lowest BCUT2D eigenvalue weighted by atomic mass is 10.1. The summed E-state index contributed by atoms with van der Waals surface area (Å²) < 4.78 is 1.45. The Morgan fingerprint density at radius 3 is 2.39 bits per heavy atom. The first-order valence-electron chi connectivity index (χ1n) is 9.80. The highest BCUT2D eigenvalue weighted by Gasteiger charge is 2.09. The zero-order valence-corrected chi connectivity index (χ0v) is 22.5. The van der Waals surface area contributed by atoms with E-state index in [1.807, 2.05) is 29.6 Å². The minimum absolute atomic E-state index is 0.246. The molecule has 0 atom stereocenters. The summed E-state index contributed by atoms with van der Waals surface area (Å²) in [5.41, 5.74) is 7.79. The molecule has 0 bridgehead atoms. The van der Waals surface area contributed by atoms with E-state index in [0.29, 0.717) is 5.56 Å². The highest BCUT2D eigenvalue weighted by Crippen LogP contribution is 2.28. The van der Waals surface area contributed by atoms with Gasteiger partial charge in [-0.3, -0.25) is 4.79 Å². The normalized spacial score (nSPS) is 11.0. The summed E-state index contributed by atoms with van der Waals surface area (Å²) >= 11 is 5.64. The van der Waals surface area contributed by atoms with Crippen molar-refractivity contribution in [1.82, 2.24) is 10.4 Å². The Morgan fingerprint density at radius 2 is 1.73 bits per heavy atom. The monoisotopic (exact) mass is 680 g/mol. The average molecular weight is 680 g/mol. The van der Waals surface area contributed by atoms with Gasteiger partial charge in [0.1, 0.15) is 5.75 Å². The van der Waals surface area contributed by atoms with E-state index in [-0.39, 0.29) is 11.7 Å². The number of thiazole rings is 1. The molecule has 0 aliphatic rings. The Balaban J connectivity index is 1.38. The van der Waals surface area contributed by atoms with Crippen LogP contribution in [0.15, 0.2) is 71.1 Å². The van der Waals surface area contributed by atoms with Crippen LogP contribution in [0.4, 0.5) is 10.8 Å². The lowest BCUT2D eigenvalue weighted by Crippen LogP contribution is -2.17. The van der Waals surface area contributed by atoms with Crippen molar-refractivity contribution < 1.29 is 9.90 Å². The van der Waals surface area contributed by atoms with Gasteiger partial charge in [0, 0.05) is 22.2 Å². The Kier molecular flexibility index (Phi) is 7.60. The second-order valence-corrected chi connectivity index (χ2v) is 10.3. The fourth-order valence-electron chi connectivity index (χ4n) is 2.91. The van der Waals surface area contributed by atoms with Gasteiger partial charge in [0.2, 0.25) is 0 Å². The molecule has 4 rings (SSSR count). The SMILES string of the molecule is Cc1ccc(Nc2nc(-c3ccc(C(=O)N/N=C\c4cc(I)c(O)c(I)c4)cc3)cs2)cc1. The van der Waals surface area contributed by atoms with Crippen LogP contribution in [-0.2, 0) is 0 Å². The number of aromatic hydroxyl groups is 1. The summed E-state index contributed by atoms with van der Waals surface area (Å²) in [7, 11) is 0. The molecular formula is C24H18I2N4O2S. The fourth-order valence-corrected chi connectivity index (χ4v) is 5.46. The molecule has 33 heavy (non-hydrogen) atoms. The maximum Gasteiger partial charge on any atom is 0.271 e. The van der Waals surface area contributed by atoms with Crippen molar-refractivity contribution in [3.8, 4) is 17.0 Å². The van der Waals surface area contributed by atoms with Gasteiger partial charge in [-0.05, 0) is 94.1 Å². The van der Waals surface area contributed by atoms with Crippen molar-refractivity contribution in [3.63, 3.8) is 0 Å². The fraction of sp³-hybridized carbons (Fsp3) is 0.0417. The third-order valence-electron chi connectivity index (χ3n) is 4.67. The molecule has 3 N–H and O–H groups in total. The number of rotatable bonds is 6. The van der Waals surface area contributed by atoms with Crippen LogP contribution in [0.2, 0.25) is 0 Å². The van der Waals surface area contributed by atoms with Crippen LogP contribution in [0.5, 0.6) is 5.75 Å². The molecule has 4 aromatic rings. The Morgan fingerprint density at radius 1 is 1.06 bits per heavy atom. The number of halogens is 2. The lowest BCUT2D eigenvalue weighted by molar-refractivity contribution is 0.0955. The number of hydrogen-bond acceptors (Lipinski definition) is 6. The summed E-state index contributed by atoms with van der Waals surface area (Å²) in [6, 6.07) is 19.0. The van der Waals surface area contributed by atoms with Crippen molar-refractivity contribution in [1.29, 1.82) is 0 Å². The van der Waals surface area contributed by atoms with Crippen molar-refractivity contribution >= 4 is 79.5 Å². The third-order valence-corrected chi connectivity index (χ3v) is 7.07. The summed E-state index contributed by atoms with van der Waals surface area (Å²) in [5, 5.41) is 20.0. The summed E-state index contributed by atoms with van der Waals surface area (Å²) in [6.07, 6.45) is 1.55. The second kappa shape index (κ2) is 10.6. The Labute approximate surface area is 222 Å². The van der Waals surface area contributed by atoms with E-state index in [2.05, 4.69) is 85.1 Å². The van der Waals surface area contributed by atoms with E-state index in [1.54, 1.807) is 30.5 Å². The number of hydrogen-bond donors (Lipinski definition) is 3. The molecule has 1 heterocycles. The van der Waals surface area contributed by atoms with Gasteiger partial charge in [-0.1, -0.05) is 29.8 Å². The quantitative estimate of drug-likeness (QED) is 0.123. The van der Waals surface area contributed by atoms with Crippen molar-refractivity contribution in [2.45, 2.75) is 6.92 Å². The molecule has 3 aromatic carbocycles. The predicted molar refractivity (Wildman–Crippen MR) is 151 cm³/mol. The van der Waals surface area contributed by atoms with Crippen LogP contribution in [0.1, 0.15) is 21.5 Å². The molecule has 0 radical (unpaired) electrons. The van der Waals surface area contributed by atoms with Gasteiger partial charge >= 0.3 is 0 Å². The maximum atomic E-state index is 12.4. The third kappa shape index (κ3) is 6.09. The summed E-state index contributed by atoms with van der Waals surface area (Å²) in [5.74, 6) is -0.0587. The number of aryl methyl sites for hydroxylation is 1. The Bertz CT molecular complexity index is 1300. The van der Waals surface area contributed by atoms with E-state index in [4.69, 9.17) is 0 Å². The van der Waals surface area contributed by atoms with E-state index in [9.17, 15) is 9.90 Å². The van der Waals surface area contributed by atoms with Gasteiger partial charge < -0.3 is 10.4 Å². The molecule has 9 heteroatoms. The largest absolute Gasteiger partial charge is 0.506 e. The number of nitrogens with one attached hydrogen (secondary N) is 2. The van der Waals surface area contributed by atoms with Gasteiger partial charge in [0.05, 0.1) is 19.0 Å². The second-order valence-electron chi connectivity index (χ2n) is 7.14. The minimum Gasteiger partial charge on any atom is -0.506 e. The standard InChI is InChI=1S/C24H18I2N4O2S/c1-14-2-8-18(9-3-14)28-24-29-21(13-33-24)16-4-6-17(7-5-16)23(32)30-27-12-15-10-19(25)22(31)20(26)11-15/h2-13,31H,1H3,(H,28,29)(H,30,32)/b27-12-. The van der Waals surface area contributed by atoms with Gasteiger partial charge in [-0.15, -0.1) is 11.3 Å². The zero-order chi connectivity index (χ0) is 23.4. The highest BCUT2D eigenvalue weighted by molar-refractivity contribution is 14.1. The number of benzene rings is 3. The lowest BCUT2D eigenvalue weighted by Gasteiger charge is -2.04. The van der Waals surface area contributed by atoms with E-state index in [0.717, 1.165) is 34.8 Å². The molecule has 0 aliphatic carbocycles. The number of amides is 1. The number of phenolic OH excluding ortho intramolecular Hbond substituents is 1. The van der Waals surface area contributed by atoms with Crippen LogP contribution >= 0.6 is 56.5 Å². The Hall–Kier alpha value is -2.51. The molecule has 0 spiro atoms. The molecule has 1 amide bonds. The number of nitrogens with zero attached hydrogens (tertiary/aromatic N) is 2. The first-order valence-corrected chi connectivity index (χ1v) is 12.8. The number of hydrazone groups is 1. The number of carbonyl (C=O) groups excluding carboxylic acids is 1. The van der Waals surface area contributed by atoms with Crippen molar-refractivity contribution in [2.24, 2.45) is 5.10 Å². The smallest absolute Gasteiger partial charge is 0.271 e. The summed E-state index contributed by atoms with van der Waals surface area (Å²) in [6.45, 7) is 2.05. The van der Waals surface area contributed by atoms with Crippen LogP contribution in [0.3, 0.4) is 0 Å². The molecule has 0 fully saturated rings. The molecule has 0 saturated heterocycles. The summed E-state index contributed by atoms with van der Waals surface area (Å²) in [4.78, 5) is 17.1. The molecule has 0 unspecified atom stereocenters. The van der Waals surface area contributed by atoms with E-state index < -0.39 is 0 Å². The number of aromatic nitrogens is 1. The van der Waals surface area contributed by atoms with Crippen LogP contribution in [-0.4, -0.2) is 22.2 Å². The molecule has 166 valence electrons. The van der Waals surface area contributed by atoms with Crippen LogP contribution in [0.25, 0.3) is 11.3 Å². The minimum atomic E-state index is -0.305. The maximum absolute atomic E-state index is 12.4. The average Bonchev–Trinajstić information content (AvgIpc) is 3.27. The van der Waals surface area contributed by atoms with Crippen LogP contribution in [0, 0.1) is 14.1 Å². The van der Waals surface area contributed by atoms with Gasteiger partial charge in [0.15, 0.2) is 5.13 Å². The molecular weight excluding hydrogens is 662 g/mol. The molecule has 1 aromatic heterocycles. The van der Waals surface area contributed by atoms with Gasteiger partial charge in [-0.25, -0.2) is 10.4 Å². The number of carbonyl (C=O) groups is 1. The van der Waals surface area contributed by atoms with Crippen molar-refractivity contribution in [3.05, 3.63) is 89.9 Å². The highest BCUT2D eigenvalue weighted by atomic mass is 127. The van der Waals surface area contributed by atoms with Crippen LogP contribution < -0.4 is 10.7 Å². The molecule has 6 nitrogen and oxygen atoms in total. The zero-order valence-electron chi connectivity index (χ0n) is 17.3. The first-order chi connectivity index (χ1) is 15.9. The van der Waals surface area contributed by atoms with E-state index >= 15 is 0 Å². The molecule has 0 aliphatic heterocycles.